The van der Waals surface area contributed by atoms with Crippen LogP contribution in [0.3, 0.4) is 0 Å². The fourth-order valence-corrected chi connectivity index (χ4v) is 12.9. The first kappa shape index (κ1) is 109. The topological polar surface area (TPSA) is 749 Å². The third kappa shape index (κ3) is 42.9. The number of benzene rings is 1. The van der Waals surface area contributed by atoms with Crippen molar-refractivity contribution in [3.8, 4) is 0 Å². The number of nitrogens with zero attached hydrogens (tertiary/aromatic N) is 3. The maximum atomic E-state index is 14.8. The zero-order valence-electron chi connectivity index (χ0n) is 73.0. The fourth-order valence-electron chi connectivity index (χ4n) is 12.4. The standard InChI is InChI=1S/C79H132N24O21S/c1-39(2)28-47(80)64(110)103-62(43(9)10)76(122)101-58(36-104)75(121)97-54(31-42(7)8)71(117)98-55(32-45-18-14-13-15-19-45)72(118)93-50(22-23-60(81)106)65(111)90-44(11)63(109)95-52(29-40(3)4)69(115)92-48(20-16-25-87-78(82)83)66(112)99-56(33-46-35-86-38-89-46)73(119)100-57(34-61(107)108)74(120)96-53(30-41(5)6)70(116)94-51(24-27-125-12)68(114)91-49(21-17-26-88-79(84)85)67(113)102-59(37-105)77(123)124/h13-15,18-19,35,38-44,47-59,62,104-105H,16-17,20-34,36-37,80H2,1-12H3,(H2,81,106)(H,86,89)(H,90,111)(H,91,114)(H,92,115)(H,93,118)(H,94,116)(H,95,109)(H,96,120)(H,97,121)(H,98,117)(H,99,112)(H,100,119)(H,101,122)(H,102,113)(H,103,110)(H,107,108)(H,123,124)(H4,82,83,87)(H4,84,85,88)/t44-,47-,48-,49-,50-,51-,52-,53-,54-,55-,56-,57-,58-,59-,62-/m0/s1. The highest BCUT2D eigenvalue weighted by Crippen LogP contribution is 2.16. The smallest absolute Gasteiger partial charge is 0.328 e. The van der Waals surface area contributed by atoms with Gasteiger partial charge in [-0.3, -0.25) is 86.7 Å². The summed E-state index contributed by atoms with van der Waals surface area (Å²) in [6, 6.07) is -14.8. The maximum Gasteiger partial charge on any atom is 0.328 e. The van der Waals surface area contributed by atoms with Gasteiger partial charge in [-0.05, 0) is 118 Å². The van der Waals surface area contributed by atoms with Crippen LogP contribution in [0.25, 0.3) is 0 Å². The van der Waals surface area contributed by atoms with E-state index in [1.165, 1.54) is 31.2 Å². The van der Waals surface area contributed by atoms with Gasteiger partial charge in [-0.2, -0.15) is 11.8 Å². The normalized spacial score (nSPS) is 14.8. The third-order valence-electron chi connectivity index (χ3n) is 18.9. The second kappa shape index (κ2) is 56.9. The van der Waals surface area contributed by atoms with Crippen LogP contribution in [0.1, 0.15) is 164 Å². The fraction of sp³-hybridized carbons (Fsp3) is 0.646. The molecule has 15 atom stereocenters. The molecule has 0 aliphatic rings. The predicted molar refractivity (Wildman–Crippen MR) is 461 cm³/mol. The van der Waals surface area contributed by atoms with E-state index in [0.717, 1.165) is 0 Å². The SMILES string of the molecule is CSCC[C@H](NC(=O)[C@H](CC(C)C)NC(=O)[C@H](CC(=O)O)NC(=O)[C@H](Cc1cnc[nH]1)NC(=O)[C@H](CCCN=C(N)N)NC(=O)[C@H](CC(C)C)NC(=O)[C@H](C)NC(=O)[C@H](CCC(N)=O)NC(=O)[C@H](Cc1ccccc1)NC(=O)[C@H](CC(C)C)NC(=O)[C@H](CO)NC(=O)[C@@H](NC(=O)[C@@H](N)CC(C)C)C(C)C)C(=O)N[C@@H](CCCN=C(N)N)C(=O)N[C@@H](CO)C(=O)O. The van der Waals surface area contributed by atoms with Crippen molar-refractivity contribution in [3.05, 3.63) is 54.1 Å². The van der Waals surface area contributed by atoms with E-state index in [2.05, 4.69) is 94.4 Å². The van der Waals surface area contributed by atoms with Crippen molar-refractivity contribution in [2.45, 2.75) is 257 Å². The Hall–Kier alpha value is -11.8. The molecule has 31 N–H and O–H groups in total. The Morgan fingerprint density at radius 2 is 0.784 bits per heavy atom. The molecule has 700 valence electrons. The van der Waals surface area contributed by atoms with Gasteiger partial charge in [-0.15, -0.1) is 0 Å². The summed E-state index contributed by atoms with van der Waals surface area (Å²) in [5.41, 5.74) is 34.4. The molecule has 0 aliphatic heterocycles. The molecule has 2 aromatic rings. The summed E-state index contributed by atoms with van der Waals surface area (Å²) in [7, 11) is 0. The predicted octanol–water partition coefficient (Wildman–Crippen LogP) is -6.16. The highest BCUT2D eigenvalue weighted by Gasteiger charge is 2.40. The lowest BCUT2D eigenvalue weighted by atomic mass is 9.99. The maximum absolute atomic E-state index is 14.8. The summed E-state index contributed by atoms with van der Waals surface area (Å²) in [6.07, 6.45) is 0.991. The van der Waals surface area contributed by atoms with Crippen molar-refractivity contribution in [2.24, 2.45) is 74.0 Å². The number of aliphatic imine (C=N–C) groups is 2. The number of primary amides is 1. The number of thioether (sulfide) groups is 1. The van der Waals surface area contributed by atoms with Gasteiger partial charge in [-0.25, -0.2) is 9.78 Å². The van der Waals surface area contributed by atoms with Crippen molar-refractivity contribution in [3.63, 3.8) is 0 Å². The highest BCUT2D eigenvalue weighted by atomic mass is 32.2. The molecule has 0 aliphatic carbocycles. The molecule has 0 fully saturated rings. The number of hydrogen-bond acceptors (Lipinski definition) is 24. The molecule has 45 nitrogen and oxygen atoms in total. The number of aliphatic hydroxyl groups is 2. The van der Waals surface area contributed by atoms with Gasteiger partial charge in [0, 0.05) is 44.2 Å². The van der Waals surface area contributed by atoms with E-state index in [1.54, 1.807) is 92.0 Å². The number of carboxylic acid groups (broad SMARTS) is 2. The Morgan fingerprint density at radius 3 is 1.18 bits per heavy atom. The zero-order chi connectivity index (χ0) is 94.5. The van der Waals surface area contributed by atoms with Gasteiger partial charge < -0.3 is 134 Å². The molecule has 1 aromatic heterocycles. The van der Waals surface area contributed by atoms with E-state index in [4.69, 9.17) is 34.4 Å². The first-order chi connectivity index (χ1) is 58.7. The number of aliphatic hydroxyl groups excluding tert-OH is 2. The summed E-state index contributed by atoms with van der Waals surface area (Å²) in [5.74, 6) is -19.8. The van der Waals surface area contributed by atoms with Gasteiger partial charge in [0.2, 0.25) is 88.6 Å². The lowest BCUT2D eigenvalue weighted by Gasteiger charge is -2.29. The van der Waals surface area contributed by atoms with E-state index in [9.17, 15) is 102 Å². The summed E-state index contributed by atoms with van der Waals surface area (Å²) in [5, 5.41) is 74.8. The van der Waals surface area contributed by atoms with Crippen LogP contribution >= 0.6 is 11.8 Å². The Morgan fingerprint density at radius 1 is 0.416 bits per heavy atom. The lowest BCUT2D eigenvalue weighted by Crippen LogP contribution is -2.61. The minimum atomic E-state index is -2.00. The molecule has 1 aromatic carbocycles. The number of hydrogen-bond donors (Lipinski definition) is 25. The first-order valence-electron chi connectivity index (χ1n) is 41.3. The van der Waals surface area contributed by atoms with Crippen LogP contribution in [-0.4, -0.2) is 272 Å². The number of H-pyrrole nitrogens is 1. The lowest BCUT2D eigenvalue weighted by molar-refractivity contribution is -0.143. The number of carbonyl (C=O) groups excluding carboxylic acids is 15. The highest BCUT2D eigenvalue weighted by molar-refractivity contribution is 7.98. The Kier molecular flexibility index (Phi) is 49.7. The largest absolute Gasteiger partial charge is 0.481 e. The summed E-state index contributed by atoms with van der Waals surface area (Å²) < 4.78 is 0. The van der Waals surface area contributed by atoms with Crippen molar-refractivity contribution in [1.82, 2.24) is 84.4 Å². The van der Waals surface area contributed by atoms with Crippen LogP contribution < -0.4 is 109 Å². The Labute approximate surface area is 730 Å². The van der Waals surface area contributed by atoms with E-state index < -0.39 is 242 Å². The quantitative estimate of drug-likeness (QED) is 0.0166. The third-order valence-corrected chi connectivity index (χ3v) is 19.6. The number of guanidine groups is 2. The number of aromatic nitrogens is 2. The average molecular weight is 1790 g/mol. The van der Waals surface area contributed by atoms with Gasteiger partial charge in [-0.1, -0.05) is 99.6 Å². The Bertz CT molecular complexity index is 3940. The van der Waals surface area contributed by atoms with Crippen LogP contribution in [0.5, 0.6) is 0 Å². The molecule has 1 heterocycles. The molecule has 125 heavy (non-hydrogen) atoms. The Balaban J connectivity index is 2.58. The first-order valence-corrected chi connectivity index (χ1v) is 42.7. The molecular formula is C79H132N24O21S. The molecule has 0 spiro atoms. The minimum absolute atomic E-state index is 0.0211. The molecule has 0 unspecified atom stereocenters. The minimum Gasteiger partial charge on any atom is -0.481 e. The molecule has 15 amide bonds. The van der Waals surface area contributed by atoms with Gasteiger partial charge in [0.05, 0.1) is 32.0 Å². The number of aromatic amines is 1. The molecule has 2 rings (SSSR count). The molecule has 46 heteroatoms. The number of carbonyl (C=O) groups is 17. The number of nitrogens with one attached hydrogen (secondary N) is 15. The number of carboxylic acids is 2. The van der Waals surface area contributed by atoms with E-state index in [0.29, 0.717) is 12.0 Å². The van der Waals surface area contributed by atoms with Gasteiger partial charge >= 0.3 is 11.9 Å². The number of amides is 15. The number of rotatable bonds is 60. The van der Waals surface area contributed by atoms with Crippen LogP contribution in [0.4, 0.5) is 0 Å². The number of imidazole rings is 1. The summed E-state index contributed by atoms with van der Waals surface area (Å²) in [4.78, 5) is 250. The molecule has 0 radical (unpaired) electrons. The van der Waals surface area contributed by atoms with Crippen LogP contribution in [0.15, 0.2) is 52.8 Å². The monoisotopic (exact) mass is 1780 g/mol. The van der Waals surface area contributed by atoms with Crippen LogP contribution in [0.2, 0.25) is 0 Å². The van der Waals surface area contributed by atoms with Gasteiger partial charge in [0.1, 0.15) is 84.6 Å². The summed E-state index contributed by atoms with van der Waals surface area (Å²) in [6.45, 7) is 16.3. The van der Waals surface area contributed by atoms with Gasteiger partial charge in [0.15, 0.2) is 11.9 Å². The average Bonchev–Trinajstić information content (AvgIpc) is 1.49. The van der Waals surface area contributed by atoms with E-state index >= 15 is 0 Å². The number of aliphatic carboxylic acids is 2. The molecular weight excluding hydrogens is 1650 g/mol. The van der Waals surface area contributed by atoms with Crippen molar-refractivity contribution < 1.29 is 102 Å². The zero-order valence-corrected chi connectivity index (χ0v) is 73.8. The molecule has 0 saturated carbocycles. The molecule has 0 bridgehead atoms. The number of nitrogens with two attached hydrogens (primary N) is 6. The van der Waals surface area contributed by atoms with Gasteiger partial charge in [0.25, 0.3) is 0 Å². The van der Waals surface area contributed by atoms with E-state index in [1.807, 2.05) is 13.8 Å². The van der Waals surface area contributed by atoms with Crippen LogP contribution in [0, 0.1) is 29.6 Å². The van der Waals surface area contributed by atoms with Crippen molar-refractivity contribution in [2.75, 3.05) is 38.3 Å². The van der Waals surface area contributed by atoms with Crippen molar-refractivity contribution in [1.29, 1.82) is 0 Å². The second-order valence-electron chi connectivity index (χ2n) is 32.3. The van der Waals surface area contributed by atoms with Crippen LogP contribution in [-0.2, 0) is 94.3 Å². The van der Waals surface area contributed by atoms with E-state index in [-0.39, 0.29) is 112 Å². The summed E-state index contributed by atoms with van der Waals surface area (Å²) >= 11 is 1.27. The van der Waals surface area contributed by atoms with Crippen molar-refractivity contribution >= 4 is 124 Å². The second-order valence-corrected chi connectivity index (χ2v) is 33.3. The molecule has 0 saturated heterocycles.